The minimum Gasteiger partial charge on any atom is -0.355 e. The minimum atomic E-state index is 1.05. The van der Waals surface area contributed by atoms with Crippen LogP contribution in [0, 0.1) is 0 Å². The van der Waals surface area contributed by atoms with Gasteiger partial charge in [0.15, 0.2) is 0 Å². The van der Waals surface area contributed by atoms with Crippen LogP contribution in [0.3, 0.4) is 0 Å². The van der Waals surface area contributed by atoms with Crippen LogP contribution in [0.1, 0.15) is 0 Å². The highest BCUT2D eigenvalue weighted by Gasteiger charge is 2.17. The Morgan fingerprint density at radius 1 is 0.250 bits per heavy atom. The first kappa shape index (κ1) is 37.2. The summed E-state index contributed by atoms with van der Waals surface area (Å²) in [6, 6.07) is 87.0. The number of nitrogens with zero attached hydrogens (tertiary/aromatic N) is 2. The van der Waals surface area contributed by atoms with E-state index in [1.54, 1.807) is 0 Å². The summed E-state index contributed by atoms with van der Waals surface area (Å²) >= 11 is 0. The van der Waals surface area contributed by atoms with E-state index in [2.05, 4.69) is 250 Å². The number of nitrogens with one attached hydrogen (secondary N) is 2. The molecule has 12 rings (SSSR count). The molecule has 302 valence electrons. The number of rotatable bonds is 9. The summed E-state index contributed by atoms with van der Waals surface area (Å²) < 4.78 is 4.77. The fraction of sp³-hybridized carbons (Fsp3) is 0. The Kier molecular flexibility index (Phi) is 9.12. The van der Waals surface area contributed by atoms with Gasteiger partial charge < -0.3 is 19.8 Å². The molecule has 0 atom stereocenters. The summed E-state index contributed by atoms with van der Waals surface area (Å²) in [5.74, 6) is 0. The molecule has 2 heterocycles. The maximum atomic E-state index is 3.72. The van der Waals surface area contributed by atoms with Crippen LogP contribution in [0.25, 0.3) is 88.4 Å². The molecule has 0 saturated carbocycles. The maximum Gasteiger partial charge on any atom is 0.0541 e. The zero-order valence-electron chi connectivity index (χ0n) is 35.0. The maximum absolute atomic E-state index is 3.72. The summed E-state index contributed by atoms with van der Waals surface area (Å²) in [4.78, 5) is 0. The zero-order valence-corrected chi connectivity index (χ0v) is 35.0. The SMILES string of the molecule is c1ccc(Nc2ccc(-n3c4ccccc4c4ccccc43)cc2-c2ccc(-c3ccc(-c4cc(-n5c6ccccc6c6ccccc65)ccc4Nc4ccccc4)cc3)cc2)cc1. The molecule has 0 aliphatic heterocycles. The van der Waals surface area contributed by atoms with Crippen LogP contribution in [-0.2, 0) is 0 Å². The van der Waals surface area contributed by atoms with Gasteiger partial charge in [-0.15, -0.1) is 0 Å². The second kappa shape index (κ2) is 15.7. The Morgan fingerprint density at radius 3 is 0.891 bits per heavy atom. The Morgan fingerprint density at radius 2 is 0.547 bits per heavy atom. The highest BCUT2D eigenvalue weighted by molar-refractivity contribution is 6.10. The molecule has 0 fully saturated rings. The van der Waals surface area contributed by atoms with Gasteiger partial charge in [-0.25, -0.2) is 0 Å². The van der Waals surface area contributed by atoms with Crippen LogP contribution >= 0.6 is 0 Å². The molecule has 0 saturated heterocycles. The number of hydrogen-bond acceptors (Lipinski definition) is 2. The second-order valence-electron chi connectivity index (χ2n) is 16.3. The van der Waals surface area contributed by atoms with Gasteiger partial charge in [-0.3, -0.25) is 0 Å². The monoisotopic (exact) mass is 818 g/mol. The first-order valence-corrected chi connectivity index (χ1v) is 21.8. The van der Waals surface area contributed by atoms with Crippen LogP contribution in [0.2, 0.25) is 0 Å². The number of para-hydroxylation sites is 6. The Labute approximate surface area is 371 Å². The van der Waals surface area contributed by atoms with Gasteiger partial charge in [-0.1, -0.05) is 158 Å². The molecule has 10 aromatic carbocycles. The number of fused-ring (bicyclic) bond motifs is 6. The average Bonchev–Trinajstić information content (AvgIpc) is 3.88. The summed E-state index contributed by atoms with van der Waals surface area (Å²) in [6.07, 6.45) is 0. The summed E-state index contributed by atoms with van der Waals surface area (Å²) in [5.41, 5.74) is 18.1. The normalized spacial score (nSPS) is 11.4. The van der Waals surface area contributed by atoms with Crippen LogP contribution in [-0.4, -0.2) is 9.13 Å². The van der Waals surface area contributed by atoms with E-state index in [0.29, 0.717) is 0 Å². The first-order chi connectivity index (χ1) is 31.7. The van der Waals surface area contributed by atoms with E-state index in [1.165, 1.54) is 43.6 Å². The van der Waals surface area contributed by atoms with Crippen LogP contribution < -0.4 is 10.6 Å². The molecular formula is C60H42N4. The molecule has 0 amide bonds. The second-order valence-corrected chi connectivity index (χ2v) is 16.3. The van der Waals surface area contributed by atoms with Crippen molar-refractivity contribution in [3.05, 3.63) is 243 Å². The van der Waals surface area contributed by atoms with Gasteiger partial charge in [-0.2, -0.15) is 0 Å². The van der Waals surface area contributed by atoms with E-state index < -0.39 is 0 Å². The number of benzene rings is 10. The lowest BCUT2D eigenvalue weighted by Gasteiger charge is -2.17. The first-order valence-electron chi connectivity index (χ1n) is 21.8. The van der Waals surface area contributed by atoms with Crippen molar-refractivity contribution in [2.75, 3.05) is 10.6 Å². The van der Waals surface area contributed by atoms with Crippen molar-refractivity contribution >= 4 is 66.4 Å². The third kappa shape index (κ3) is 6.57. The molecule has 0 unspecified atom stereocenters. The van der Waals surface area contributed by atoms with Gasteiger partial charge in [0.1, 0.15) is 0 Å². The third-order valence-corrected chi connectivity index (χ3v) is 12.5. The molecule has 0 aliphatic rings. The summed E-state index contributed by atoms with van der Waals surface area (Å²) in [7, 11) is 0. The minimum absolute atomic E-state index is 1.05. The molecule has 4 nitrogen and oxygen atoms in total. The lowest BCUT2D eigenvalue weighted by atomic mass is 9.96. The Hall–Kier alpha value is -8.60. The standard InChI is InChI=1S/C60H42N4/c1-3-15-45(16-4-1)61-55-37-35-47(63-57-23-11-7-19-49(57)50-20-8-12-24-58(50)63)39-53(55)43-31-27-41(28-32-43)42-29-33-44(34-30-42)54-40-48(36-38-56(54)62-46-17-5-2-6-18-46)64-59-25-13-9-21-51(59)52-22-10-14-26-60(52)64/h1-40,61-62H. The van der Waals surface area contributed by atoms with Crippen molar-refractivity contribution in [1.29, 1.82) is 0 Å². The number of hydrogen-bond donors (Lipinski definition) is 2. The van der Waals surface area contributed by atoms with Gasteiger partial charge in [0.05, 0.1) is 22.1 Å². The molecule has 2 aromatic heterocycles. The van der Waals surface area contributed by atoms with Crippen molar-refractivity contribution in [3.63, 3.8) is 0 Å². The zero-order chi connectivity index (χ0) is 42.4. The molecule has 0 spiro atoms. The molecule has 0 bridgehead atoms. The quantitative estimate of drug-likeness (QED) is 0.152. The third-order valence-electron chi connectivity index (χ3n) is 12.5. The van der Waals surface area contributed by atoms with Crippen molar-refractivity contribution in [2.45, 2.75) is 0 Å². The van der Waals surface area contributed by atoms with E-state index in [-0.39, 0.29) is 0 Å². The molecule has 2 N–H and O–H groups in total. The highest BCUT2D eigenvalue weighted by Crippen LogP contribution is 2.40. The highest BCUT2D eigenvalue weighted by atomic mass is 15.0. The lowest BCUT2D eigenvalue weighted by Crippen LogP contribution is -1.98. The Balaban J connectivity index is 0.919. The predicted octanol–water partition coefficient (Wildman–Crippen LogP) is 16.4. The molecule has 0 radical (unpaired) electrons. The fourth-order valence-corrected chi connectivity index (χ4v) is 9.48. The average molecular weight is 819 g/mol. The van der Waals surface area contributed by atoms with E-state index >= 15 is 0 Å². The van der Waals surface area contributed by atoms with Crippen molar-refractivity contribution in [1.82, 2.24) is 9.13 Å². The van der Waals surface area contributed by atoms with E-state index in [1.807, 2.05) is 12.1 Å². The number of aromatic nitrogens is 2. The van der Waals surface area contributed by atoms with Crippen LogP contribution in [0.4, 0.5) is 22.7 Å². The number of anilines is 4. The summed E-state index contributed by atoms with van der Waals surface area (Å²) in [5, 5.41) is 12.4. The fourth-order valence-electron chi connectivity index (χ4n) is 9.48. The van der Waals surface area contributed by atoms with Gasteiger partial charge >= 0.3 is 0 Å². The van der Waals surface area contributed by atoms with Crippen LogP contribution in [0.15, 0.2) is 243 Å². The van der Waals surface area contributed by atoms with Gasteiger partial charge in [0.25, 0.3) is 0 Å². The van der Waals surface area contributed by atoms with Gasteiger partial charge in [-0.05, 0) is 107 Å². The molecule has 64 heavy (non-hydrogen) atoms. The van der Waals surface area contributed by atoms with Crippen molar-refractivity contribution < 1.29 is 0 Å². The topological polar surface area (TPSA) is 33.9 Å². The van der Waals surface area contributed by atoms with E-state index in [4.69, 9.17) is 0 Å². The molecule has 12 aromatic rings. The lowest BCUT2D eigenvalue weighted by molar-refractivity contribution is 1.18. The van der Waals surface area contributed by atoms with Crippen LogP contribution in [0.5, 0.6) is 0 Å². The van der Waals surface area contributed by atoms with E-state index in [0.717, 1.165) is 67.5 Å². The molecular weight excluding hydrogens is 777 g/mol. The van der Waals surface area contributed by atoms with Crippen molar-refractivity contribution in [3.8, 4) is 44.8 Å². The summed E-state index contributed by atoms with van der Waals surface area (Å²) in [6.45, 7) is 0. The van der Waals surface area contributed by atoms with E-state index in [9.17, 15) is 0 Å². The predicted molar refractivity (Wildman–Crippen MR) is 271 cm³/mol. The Bertz CT molecular complexity index is 3290. The van der Waals surface area contributed by atoms with Gasteiger partial charge in [0.2, 0.25) is 0 Å². The van der Waals surface area contributed by atoms with Gasteiger partial charge in [0, 0.05) is 66.8 Å². The molecule has 0 aliphatic carbocycles. The smallest absolute Gasteiger partial charge is 0.0541 e. The largest absolute Gasteiger partial charge is 0.355 e. The molecule has 4 heteroatoms. The van der Waals surface area contributed by atoms with Crippen molar-refractivity contribution in [2.24, 2.45) is 0 Å².